The summed E-state index contributed by atoms with van der Waals surface area (Å²) in [6, 6.07) is 14.6. The number of hydrogen-bond acceptors (Lipinski definition) is 4. The van der Waals surface area contributed by atoms with Crippen molar-refractivity contribution in [3.8, 4) is 11.5 Å². The van der Waals surface area contributed by atoms with Crippen LogP contribution < -0.4 is 9.47 Å². The number of Topliss-reactive ketones (excluding diaryl/α,β-unsaturated/α-hetero) is 1. The SMILES string of the molecule is COc1ccc(C(=O)C2CCCN2C(=O)CCCOc2ccccc2)cc1C. The van der Waals surface area contributed by atoms with Crippen LogP contribution >= 0.6 is 0 Å². The Morgan fingerprint density at radius 3 is 2.64 bits per heavy atom. The number of carbonyl (C=O) groups is 2. The third-order valence-electron chi connectivity index (χ3n) is 5.10. The van der Waals surface area contributed by atoms with Crippen LogP contribution in [0.15, 0.2) is 48.5 Å². The van der Waals surface area contributed by atoms with Gasteiger partial charge in [-0.1, -0.05) is 18.2 Å². The van der Waals surface area contributed by atoms with Gasteiger partial charge in [0, 0.05) is 18.5 Å². The highest BCUT2D eigenvalue weighted by atomic mass is 16.5. The Bertz CT molecular complexity index is 819. The fourth-order valence-corrected chi connectivity index (χ4v) is 3.64. The molecule has 1 fully saturated rings. The van der Waals surface area contributed by atoms with Crippen molar-refractivity contribution in [3.05, 3.63) is 59.7 Å². The summed E-state index contributed by atoms with van der Waals surface area (Å²) in [6.45, 7) is 3.05. The monoisotopic (exact) mass is 381 g/mol. The molecule has 1 heterocycles. The fraction of sp³-hybridized carbons (Fsp3) is 0.391. The maximum atomic E-state index is 13.0. The smallest absolute Gasteiger partial charge is 0.223 e. The van der Waals surface area contributed by atoms with Gasteiger partial charge in [-0.25, -0.2) is 0 Å². The average molecular weight is 381 g/mol. The first-order valence-corrected chi connectivity index (χ1v) is 9.76. The molecular formula is C23H27NO4. The van der Waals surface area contributed by atoms with Crippen LogP contribution in [-0.4, -0.2) is 42.9 Å². The minimum atomic E-state index is -0.365. The molecule has 1 amide bonds. The van der Waals surface area contributed by atoms with Crippen LogP contribution in [0.25, 0.3) is 0 Å². The lowest BCUT2D eigenvalue weighted by molar-refractivity contribution is -0.131. The number of benzene rings is 2. The third kappa shape index (κ3) is 4.71. The molecule has 3 rings (SSSR count). The zero-order valence-electron chi connectivity index (χ0n) is 16.5. The molecule has 148 valence electrons. The first-order chi connectivity index (χ1) is 13.6. The molecule has 5 heteroatoms. The number of carbonyl (C=O) groups excluding carboxylic acids is 2. The lowest BCUT2D eigenvalue weighted by atomic mass is 10.00. The molecule has 2 aromatic rings. The maximum Gasteiger partial charge on any atom is 0.223 e. The molecule has 2 aromatic carbocycles. The van der Waals surface area contributed by atoms with Gasteiger partial charge >= 0.3 is 0 Å². The van der Waals surface area contributed by atoms with Crippen molar-refractivity contribution in [2.45, 2.75) is 38.6 Å². The summed E-state index contributed by atoms with van der Waals surface area (Å²) in [4.78, 5) is 27.4. The molecule has 0 saturated carbocycles. The van der Waals surface area contributed by atoms with E-state index in [1.54, 1.807) is 18.1 Å². The van der Waals surface area contributed by atoms with Gasteiger partial charge in [0.1, 0.15) is 11.5 Å². The molecule has 0 radical (unpaired) electrons. The van der Waals surface area contributed by atoms with E-state index in [0.29, 0.717) is 31.6 Å². The zero-order valence-corrected chi connectivity index (χ0v) is 16.5. The van der Waals surface area contributed by atoms with E-state index in [9.17, 15) is 9.59 Å². The number of likely N-dealkylation sites (tertiary alicyclic amines) is 1. The summed E-state index contributed by atoms with van der Waals surface area (Å²) in [5.41, 5.74) is 1.55. The Balaban J connectivity index is 1.55. The van der Waals surface area contributed by atoms with Gasteiger partial charge in [0.25, 0.3) is 0 Å². The number of rotatable bonds is 8. The number of methoxy groups -OCH3 is 1. The molecule has 1 saturated heterocycles. The first-order valence-electron chi connectivity index (χ1n) is 9.76. The van der Waals surface area contributed by atoms with E-state index in [1.165, 1.54) is 0 Å². The third-order valence-corrected chi connectivity index (χ3v) is 5.10. The molecular weight excluding hydrogens is 354 g/mol. The van der Waals surface area contributed by atoms with Crippen molar-refractivity contribution in [3.63, 3.8) is 0 Å². The molecule has 0 bridgehead atoms. The minimum Gasteiger partial charge on any atom is -0.496 e. The van der Waals surface area contributed by atoms with Crippen LogP contribution in [0.3, 0.4) is 0 Å². The number of hydrogen-bond donors (Lipinski definition) is 0. The van der Waals surface area contributed by atoms with E-state index < -0.39 is 0 Å². The predicted molar refractivity (Wildman–Crippen MR) is 108 cm³/mol. The van der Waals surface area contributed by atoms with Gasteiger partial charge in [-0.2, -0.15) is 0 Å². The maximum absolute atomic E-state index is 13.0. The van der Waals surface area contributed by atoms with Crippen molar-refractivity contribution in [1.82, 2.24) is 4.90 Å². The average Bonchev–Trinajstić information content (AvgIpc) is 3.21. The summed E-state index contributed by atoms with van der Waals surface area (Å²) >= 11 is 0. The van der Waals surface area contributed by atoms with Gasteiger partial charge in [0.15, 0.2) is 5.78 Å². The van der Waals surface area contributed by atoms with Crippen molar-refractivity contribution in [1.29, 1.82) is 0 Å². The van der Waals surface area contributed by atoms with Crippen LogP contribution in [0.4, 0.5) is 0 Å². The zero-order chi connectivity index (χ0) is 19.9. The number of para-hydroxylation sites is 1. The first kappa shape index (κ1) is 19.9. The summed E-state index contributed by atoms with van der Waals surface area (Å²) in [6.07, 6.45) is 2.60. The van der Waals surface area contributed by atoms with E-state index in [2.05, 4.69) is 0 Å². The van der Waals surface area contributed by atoms with E-state index in [4.69, 9.17) is 9.47 Å². The minimum absolute atomic E-state index is 0.0112. The normalized spacial score (nSPS) is 16.1. The second-order valence-electron chi connectivity index (χ2n) is 7.06. The molecule has 0 aliphatic carbocycles. The van der Waals surface area contributed by atoms with Crippen molar-refractivity contribution < 1.29 is 19.1 Å². The Hall–Kier alpha value is -2.82. The fourth-order valence-electron chi connectivity index (χ4n) is 3.64. The van der Waals surface area contributed by atoms with Crippen LogP contribution in [-0.2, 0) is 4.79 Å². The van der Waals surface area contributed by atoms with Gasteiger partial charge in [-0.15, -0.1) is 0 Å². The molecule has 1 unspecified atom stereocenters. The Morgan fingerprint density at radius 1 is 1.14 bits per heavy atom. The number of nitrogens with zero attached hydrogens (tertiary/aromatic N) is 1. The molecule has 0 N–H and O–H groups in total. The van der Waals surface area contributed by atoms with Gasteiger partial charge < -0.3 is 14.4 Å². The highest BCUT2D eigenvalue weighted by Crippen LogP contribution is 2.25. The number of ether oxygens (including phenoxy) is 2. The highest BCUT2D eigenvalue weighted by molar-refractivity contribution is 6.02. The summed E-state index contributed by atoms with van der Waals surface area (Å²) < 4.78 is 10.9. The number of ketones is 1. The lowest BCUT2D eigenvalue weighted by Gasteiger charge is -2.24. The van der Waals surface area contributed by atoms with E-state index in [1.807, 2.05) is 49.4 Å². The van der Waals surface area contributed by atoms with E-state index in [0.717, 1.165) is 29.9 Å². The molecule has 1 atom stereocenters. The van der Waals surface area contributed by atoms with Crippen LogP contribution in [0.1, 0.15) is 41.6 Å². The van der Waals surface area contributed by atoms with Gasteiger partial charge in [0.2, 0.25) is 5.91 Å². The Morgan fingerprint density at radius 2 is 1.93 bits per heavy atom. The Kier molecular flexibility index (Phi) is 6.69. The van der Waals surface area contributed by atoms with Gasteiger partial charge in [0.05, 0.1) is 19.8 Å². The van der Waals surface area contributed by atoms with Crippen molar-refractivity contribution >= 4 is 11.7 Å². The second kappa shape index (κ2) is 9.40. The molecule has 5 nitrogen and oxygen atoms in total. The van der Waals surface area contributed by atoms with Crippen LogP contribution in [0, 0.1) is 6.92 Å². The largest absolute Gasteiger partial charge is 0.496 e. The summed E-state index contributed by atoms with van der Waals surface area (Å²) in [7, 11) is 1.61. The Labute approximate surface area is 166 Å². The van der Waals surface area contributed by atoms with E-state index in [-0.39, 0.29) is 17.7 Å². The molecule has 28 heavy (non-hydrogen) atoms. The number of aryl methyl sites for hydroxylation is 1. The molecule has 1 aliphatic rings. The van der Waals surface area contributed by atoms with Crippen LogP contribution in [0.5, 0.6) is 11.5 Å². The van der Waals surface area contributed by atoms with Crippen LogP contribution in [0.2, 0.25) is 0 Å². The summed E-state index contributed by atoms with van der Waals surface area (Å²) in [5, 5.41) is 0. The molecule has 0 spiro atoms. The summed E-state index contributed by atoms with van der Waals surface area (Å²) in [5.74, 6) is 1.60. The van der Waals surface area contributed by atoms with Crippen molar-refractivity contribution in [2.24, 2.45) is 0 Å². The molecule has 0 aromatic heterocycles. The number of amides is 1. The quantitative estimate of drug-likeness (QED) is 0.512. The highest BCUT2D eigenvalue weighted by Gasteiger charge is 2.34. The predicted octanol–water partition coefficient (Wildman–Crippen LogP) is 4.04. The second-order valence-corrected chi connectivity index (χ2v) is 7.06. The molecule has 1 aliphatic heterocycles. The van der Waals surface area contributed by atoms with E-state index >= 15 is 0 Å². The van der Waals surface area contributed by atoms with Crippen molar-refractivity contribution in [2.75, 3.05) is 20.3 Å². The van der Waals surface area contributed by atoms with Gasteiger partial charge in [-0.3, -0.25) is 9.59 Å². The standard InChI is InChI=1S/C23H27NO4/c1-17-16-18(12-13-21(17)27-2)23(26)20-10-6-14-24(20)22(25)11-7-15-28-19-8-4-3-5-9-19/h3-5,8-9,12-13,16,20H,6-7,10-11,14-15H2,1-2H3. The van der Waals surface area contributed by atoms with Gasteiger partial charge in [-0.05, 0) is 62.1 Å². The lowest BCUT2D eigenvalue weighted by Crippen LogP contribution is -2.40. The topological polar surface area (TPSA) is 55.8 Å².